The lowest BCUT2D eigenvalue weighted by Gasteiger charge is -2.31. The van der Waals surface area contributed by atoms with Crippen LogP contribution < -0.4 is 0 Å². The second-order valence-corrected chi connectivity index (χ2v) is 4.39. The molecule has 1 atom stereocenters. The van der Waals surface area contributed by atoms with Crippen molar-refractivity contribution in [2.75, 3.05) is 0 Å². The van der Waals surface area contributed by atoms with Crippen molar-refractivity contribution >= 4 is 0 Å². The van der Waals surface area contributed by atoms with Gasteiger partial charge in [-0.2, -0.15) is 0 Å². The summed E-state index contributed by atoms with van der Waals surface area (Å²) in [5.74, 6) is 0.468. The van der Waals surface area contributed by atoms with Gasteiger partial charge < -0.3 is 5.11 Å². The largest absolute Gasteiger partial charge is 0.392 e. The summed E-state index contributed by atoms with van der Waals surface area (Å²) in [5, 5.41) is 9.85. The fraction of sp³-hybridized carbons (Fsp3) is 1.00. The molecule has 0 spiro atoms. The van der Waals surface area contributed by atoms with Crippen molar-refractivity contribution in [2.45, 2.75) is 53.6 Å². The molecule has 0 aromatic rings. The molecule has 0 aromatic heterocycles. The van der Waals surface area contributed by atoms with E-state index in [9.17, 15) is 5.11 Å². The average Bonchev–Trinajstić information content (AvgIpc) is 1.88. The highest BCUT2D eigenvalue weighted by molar-refractivity contribution is 4.78. The van der Waals surface area contributed by atoms with Gasteiger partial charge >= 0.3 is 0 Å². The first-order valence-electron chi connectivity index (χ1n) is 4.61. The minimum absolute atomic E-state index is 0.0384. The van der Waals surface area contributed by atoms with Crippen molar-refractivity contribution in [3.05, 3.63) is 0 Å². The second-order valence-electron chi connectivity index (χ2n) is 4.39. The summed E-state index contributed by atoms with van der Waals surface area (Å²) in [6, 6.07) is 0. The average molecular weight is 158 g/mol. The van der Waals surface area contributed by atoms with E-state index in [0.29, 0.717) is 5.92 Å². The maximum Gasteiger partial charge on any atom is 0.0616 e. The fourth-order valence-electron chi connectivity index (χ4n) is 1.44. The molecule has 0 amide bonds. The lowest BCUT2D eigenvalue weighted by molar-refractivity contribution is 0.00872. The molecule has 1 N–H and O–H groups in total. The summed E-state index contributed by atoms with van der Waals surface area (Å²) in [4.78, 5) is 0. The van der Waals surface area contributed by atoms with Gasteiger partial charge in [0.1, 0.15) is 0 Å². The second kappa shape index (κ2) is 4.10. The van der Waals surface area contributed by atoms with E-state index < -0.39 is 0 Å². The van der Waals surface area contributed by atoms with Crippen LogP contribution in [0.4, 0.5) is 0 Å². The molecule has 0 aliphatic carbocycles. The van der Waals surface area contributed by atoms with Crippen molar-refractivity contribution < 1.29 is 5.11 Å². The first-order chi connectivity index (χ1) is 4.93. The number of rotatable bonds is 3. The molecule has 0 aliphatic heterocycles. The van der Waals surface area contributed by atoms with E-state index in [1.807, 2.05) is 0 Å². The number of aliphatic hydroxyl groups is 1. The van der Waals surface area contributed by atoms with Crippen LogP contribution >= 0.6 is 0 Å². The van der Waals surface area contributed by atoms with Crippen LogP contribution in [0.25, 0.3) is 0 Å². The summed E-state index contributed by atoms with van der Waals surface area (Å²) >= 11 is 0. The Balaban J connectivity index is 4.09. The molecule has 0 aliphatic rings. The third-order valence-corrected chi connectivity index (χ3v) is 2.38. The topological polar surface area (TPSA) is 20.2 Å². The van der Waals surface area contributed by atoms with E-state index >= 15 is 0 Å². The van der Waals surface area contributed by atoms with Crippen LogP contribution in [0.15, 0.2) is 0 Å². The van der Waals surface area contributed by atoms with Crippen LogP contribution in [0.5, 0.6) is 0 Å². The molecule has 11 heavy (non-hydrogen) atoms. The number of hydrogen-bond donors (Lipinski definition) is 1. The molecule has 0 saturated carbocycles. The molecule has 68 valence electrons. The van der Waals surface area contributed by atoms with Gasteiger partial charge in [-0.05, 0) is 11.3 Å². The van der Waals surface area contributed by atoms with Gasteiger partial charge in [-0.15, -0.1) is 0 Å². The molecule has 0 saturated heterocycles. The maximum absolute atomic E-state index is 9.85. The zero-order valence-electron chi connectivity index (χ0n) is 8.52. The maximum atomic E-state index is 9.85. The van der Waals surface area contributed by atoms with Crippen molar-refractivity contribution in [3.8, 4) is 0 Å². The molecule has 0 heterocycles. The van der Waals surface area contributed by atoms with E-state index in [1.165, 1.54) is 0 Å². The van der Waals surface area contributed by atoms with Crippen LogP contribution in [0, 0.1) is 11.3 Å². The third-order valence-electron chi connectivity index (χ3n) is 2.38. The SMILES string of the molecule is CCC(CC)C(O)C(C)(C)C. The minimum Gasteiger partial charge on any atom is -0.392 e. The van der Waals surface area contributed by atoms with Gasteiger partial charge in [-0.25, -0.2) is 0 Å². The molecule has 0 bridgehead atoms. The number of hydrogen-bond acceptors (Lipinski definition) is 1. The zero-order chi connectivity index (χ0) is 9.07. The Morgan fingerprint density at radius 3 is 1.55 bits per heavy atom. The first-order valence-corrected chi connectivity index (χ1v) is 4.61. The Labute approximate surface area is 70.8 Å². The Bertz CT molecular complexity index is 97.9. The van der Waals surface area contributed by atoms with Crippen LogP contribution in [0.3, 0.4) is 0 Å². The van der Waals surface area contributed by atoms with E-state index in [4.69, 9.17) is 0 Å². The van der Waals surface area contributed by atoms with Crippen molar-refractivity contribution in [2.24, 2.45) is 11.3 Å². The Hall–Kier alpha value is -0.0400. The molecule has 0 radical (unpaired) electrons. The van der Waals surface area contributed by atoms with Gasteiger partial charge in [0, 0.05) is 0 Å². The summed E-state index contributed by atoms with van der Waals surface area (Å²) in [5.41, 5.74) is 0.0384. The van der Waals surface area contributed by atoms with Crippen molar-refractivity contribution in [3.63, 3.8) is 0 Å². The Morgan fingerprint density at radius 2 is 1.45 bits per heavy atom. The van der Waals surface area contributed by atoms with Gasteiger partial charge in [0.05, 0.1) is 6.10 Å². The van der Waals surface area contributed by atoms with Gasteiger partial charge in [-0.3, -0.25) is 0 Å². The molecule has 0 rings (SSSR count). The predicted octanol–water partition coefficient (Wildman–Crippen LogP) is 2.83. The van der Waals surface area contributed by atoms with Crippen LogP contribution in [-0.2, 0) is 0 Å². The summed E-state index contributed by atoms with van der Waals surface area (Å²) in [6.45, 7) is 10.6. The zero-order valence-corrected chi connectivity index (χ0v) is 8.52. The standard InChI is InChI=1S/C10H22O/c1-6-8(7-2)9(11)10(3,4)5/h8-9,11H,6-7H2,1-5H3. The van der Waals surface area contributed by atoms with Gasteiger partial charge in [0.25, 0.3) is 0 Å². The lowest BCUT2D eigenvalue weighted by atomic mass is 9.79. The third kappa shape index (κ3) is 3.24. The molecule has 1 nitrogen and oxygen atoms in total. The molecule has 1 heteroatoms. The molecular weight excluding hydrogens is 136 g/mol. The van der Waals surface area contributed by atoms with E-state index in [0.717, 1.165) is 12.8 Å². The van der Waals surface area contributed by atoms with E-state index in [2.05, 4.69) is 34.6 Å². The van der Waals surface area contributed by atoms with Crippen LogP contribution in [0.1, 0.15) is 47.5 Å². The predicted molar refractivity (Wildman–Crippen MR) is 49.5 cm³/mol. The highest BCUT2D eigenvalue weighted by atomic mass is 16.3. The molecular formula is C10H22O. The fourth-order valence-corrected chi connectivity index (χ4v) is 1.44. The molecule has 0 fully saturated rings. The summed E-state index contributed by atoms with van der Waals surface area (Å²) in [6.07, 6.45) is 2.00. The lowest BCUT2D eigenvalue weighted by Crippen LogP contribution is -2.33. The highest BCUT2D eigenvalue weighted by Crippen LogP contribution is 2.28. The number of aliphatic hydroxyl groups excluding tert-OH is 1. The van der Waals surface area contributed by atoms with Gasteiger partial charge in [0.15, 0.2) is 0 Å². The van der Waals surface area contributed by atoms with Crippen LogP contribution in [0.2, 0.25) is 0 Å². The van der Waals surface area contributed by atoms with E-state index in [-0.39, 0.29) is 11.5 Å². The summed E-state index contributed by atoms with van der Waals surface area (Å²) < 4.78 is 0. The quantitative estimate of drug-likeness (QED) is 0.669. The highest BCUT2D eigenvalue weighted by Gasteiger charge is 2.27. The normalized spacial score (nSPS) is 15.5. The van der Waals surface area contributed by atoms with Gasteiger partial charge in [-0.1, -0.05) is 47.5 Å². The monoisotopic (exact) mass is 158 g/mol. The molecule has 1 unspecified atom stereocenters. The minimum atomic E-state index is -0.155. The van der Waals surface area contributed by atoms with Crippen molar-refractivity contribution in [1.29, 1.82) is 0 Å². The Kier molecular flexibility index (Phi) is 4.09. The van der Waals surface area contributed by atoms with E-state index in [1.54, 1.807) is 0 Å². The smallest absolute Gasteiger partial charge is 0.0616 e. The Morgan fingerprint density at radius 1 is 1.09 bits per heavy atom. The first kappa shape index (κ1) is 11.0. The molecule has 0 aromatic carbocycles. The van der Waals surface area contributed by atoms with Crippen molar-refractivity contribution in [1.82, 2.24) is 0 Å². The van der Waals surface area contributed by atoms with Crippen LogP contribution in [-0.4, -0.2) is 11.2 Å². The van der Waals surface area contributed by atoms with Gasteiger partial charge in [0.2, 0.25) is 0 Å². The summed E-state index contributed by atoms with van der Waals surface area (Å²) in [7, 11) is 0.